The van der Waals surface area contributed by atoms with Crippen LogP contribution in [0.15, 0.2) is 18.2 Å². The fraction of sp³-hybridized carbons (Fsp3) is 0. The van der Waals surface area contributed by atoms with Crippen LogP contribution in [0.3, 0.4) is 0 Å². The van der Waals surface area contributed by atoms with Crippen molar-refractivity contribution in [3.8, 4) is 12.1 Å². The molecule has 22 heavy (non-hydrogen) atoms. The number of nitriles is 2. The van der Waals surface area contributed by atoms with Crippen molar-refractivity contribution in [1.82, 2.24) is 0 Å². The van der Waals surface area contributed by atoms with E-state index in [-0.39, 0.29) is 31.9 Å². The van der Waals surface area contributed by atoms with E-state index in [1.165, 1.54) is 6.07 Å². The third kappa shape index (κ3) is 2.67. The first-order valence-corrected chi connectivity index (χ1v) is 6.77. The Balaban J connectivity index is 2.72. The Morgan fingerprint density at radius 3 is 1.86 bits per heavy atom. The number of hydrogen-bond donors (Lipinski definition) is 1. The summed E-state index contributed by atoms with van der Waals surface area (Å²) in [7, 11) is 0. The van der Waals surface area contributed by atoms with E-state index in [1.807, 2.05) is 0 Å². The summed E-state index contributed by atoms with van der Waals surface area (Å²) in [5.41, 5.74) is -1.13. The van der Waals surface area contributed by atoms with Crippen molar-refractivity contribution in [2.45, 2.75) is 0 Å². The zero-order chi connectivity index (χ0) is 16.4. The second kappa shape index (κ2) is 6.37. The molecule has 0 fully saturated rings. The van der Waals surface area contributed by atoms with E-state index < -0.39 is 17.3 Å². The van der Waals surface area contributed by atoms with E-state index in [4.69, 9.17) is 40.1 Å². The number of halogens is 5. The highest BCUT2D eigenvalue weighted by Crippen LogP contribution is 2.42. The highest BCUT2D eigenvalue weighted by Gasteiger charge is 2.23. The largest absolute Gasteiger partial charge is 0.348 e. The molecule has 0 saturated carbocycles. The van der Waals surface area contributed by atoms with Crippen LogP contribution >= 0.6 is 34.8 Å². The summed E-state index contributed by atoms with van der Waals surface area (Å²) >= 11 is 17.8. The molecule has 2 aromatic carbocycles. The number of benzene rings is 2. The Morgan fingerprint density at radius 2 is 1.36 bits per heavy atom. The molecular formula is C14H4Cl3F2N3. The first-order chi connectivity index (χ1) is 10.4. The maximum Gasteiger partial charge on any atom is 0.149 e. The zero-order valence-electron chi connectivity index (χ0n) is 10.5. The van der Waals surface area contributed by atoms with E-state index in [1.54, 1.807) is 12.1 Å². The molecule has 2 rings (SSSR count). The average Bonchev–Trinajstić information content (AvgIpc) is 2.48. The van der Waals surface area contributed by atoms with Crippen LogP contribution in [-0.2, 0) is 0 Å². The molecule has 0 aliphatic carbocycles. The molecule has 0 unspecified atom stereocenters. The van der Waals surface area contributed by atoms with Crippen molar-refractivity contribution in [3.63, 3.8) is 0 Å². The first kappa shape index (κ1) is 16.3. The van der Waals surface area contributed by atoms with Crippen molar-refractivity contribution in [1.29, 1.82) is 10.5 Å². The summed E-state index contributed by atoms with van der Waals surface area (Å²) < 4.78 is 27.4. The van der Waals surface area contributed by atoms with Gasteiger partial charge in [0.15, 0.2) is 0 Å². The van der Waals surface area contributed by atoms with Crippen LogP contribution in [0.2, 0.25) is 15.1 Å². The molecule has 110 valence electrons. The number of nitrogens with one attached hydrogen (secondary N) is 1. The van der Waals surface area contributed by atoms with Crippen LogP contribution in [0.4, 0.5) is 20.2 Å². The molecular weight excluding hydrogens is 355 g/mol. The number of anilines is 2. The Kier molecular flexibility index (Phi) is 4.73. The fourth-order valence-corrected chi connectivity index (χ4v) is 2.51. The minimum atomic E-state index is -0.892. The average molecular weight is 359 g/mol. The molecule has 1 N–H and O–H groups in total. The van der Waals surface area contributed by atoms with Gasteiger partial charge in [-0.05, 0) is 12.1 Å². The van der Waals surface area contributed by atoms with Gasteiger partial charge in [-0.3, -0.25) is 0 Å². The molecule has 0 atom stereocenters. The minimum Gasteiger partial charge on any atom is -0.348 e. The molecule has 0 amide bonds. The van der Waals surface area contributed by atoms with E-state index in [2.05, 4.69) is 5.32 Å². The first-order valence-electron chi connectivity index (χ1n) is 5.64. The third-order valence-corrected chi connectivity index (χ3v) is 3.99. The van der Waals surface area contributed by atoms with Crippen LogP contribution < -0.4 is 5.32 Å². The summed E-state index contributed by atoms with van der Waals surface area (Å²) in [5, 5.41) is 19.8. The van der Waals surface area contributed by atoms with Crippen molar-refractivity contribution >= 4 is 46.2 Å². The molecule has 2 aromatic rings. The van der Waals surface area contributed by atoms with E-state index in [0.29, 0.717) is 0 Å². The minimum absolute atomic E-state index is 0.179. The van der Waals surface area contributed by atoms with Gasteiger partial charge in [-0.2, -0.15) is 10.5 Å². The molecule has 0 heterocycles. The number of rotatable bonds is 2. The summed E-state index contributed by atoms with van der Waals surface area (Å²) in [6, 6.07) is 6.68. The van der Waals surface area contributed by atoms with Crippen LogP contribution in [0.1, 0.15) is 11.1 Å². The smallest absolute Gasteiger partial charge is 0.149 e. The van der Waals surface area contributed by atoms with Gasteiger partial charge in [-0.15, -0.1) is 0 Å². The number of hydrogen-bond acceptors (Lipinski definition) is 3. The van der Waals surface area contributed by atoms with Gasteiger partial charge in [0.2, 0.25) is 0 Å². The predicted octanol–water partition coefficient (Wildman–Crippen LogP) is 5.41. The molecule has 0 aromatic heterocycles. The lowest BCUT2D eigenvalue weighted by molar-refractivity contribution is 0.591. The molecule has 0 spiro atoms. The van der Waals surface area contributed by atoms with Crippen molar-refractivity contribution in [2.75, 3.05) is 5.32 Å². The van der Waals surface area contributed by atoms with Crippen molar-refractivity contribution < 1.29 is 8.78 Å². The van der Waals surface area contributed by atoms with Gasteiger partial charge in [0.25, 0.3) is 0 Å². The van der Waals surface area contributed by atoms with Gasteiger partial charge in [-0.25, -0.2) is 8.78 Å². The van der Waals surface area contributed by atoms with Crippen LogP contribution in [0.25, 0.3) is 0 Å². The quantitative estimate of drug-likeness (QED) is 0.730. The van der Waals surface area contributed by atoms with Crippen LogP contribution in [0.5, 0.6) is 0 Å². The molecule has 0 aliphatic rings. The summed E-state index contributed by atoms with van der Waals surface area (Å²) in [5.74, 6) is -1.78. The van der Waals surface area contributed by atoms with Crippen molar-refractivity contribution in [3.05, 3.63) is 56.0 Å². The van der Waals surface area contributed by atoms with Gasteiger partial charge >= 0.3 is 0 Å². The summed E-state index contributed by atoms with van der Waals surface area (Å²) in [6.07, 6.45) is 0. The zero-order valence-corrected chi connectivity index (χ0v) is 12.8. The van der Waals surface area contributed by atoms with E-state index >= 15 is 0 Å². The Labute approximate surface area is 139 Å². The highest BCUT2D eigenvalue weighted by atomic mass is 35.5. The molecule has 8 heteroatoms. The lowest BCUT2D eigenvalue weighted by Crippen LogP contribution is -2.02. The maximum atomic E-state index is 13.7. The van der Waals surface area contributed by atoms with E-state index in [0.717, 1.165) is 12.1 Å². The van der Waals surface area contributed by atoms with Gasteiger partial charge in [0, 0.05) is 0 Å². The lowest BCUT2D eigenvalue weighted by Gasteiger charge is -2.15. The molecule has 3 nitrogen and oxygen atoms in total. The third-order valence-electron chi connectivity index (χ3n) is 2.76. The summed E-state index contributed by atoms with van der Waals surface area (Å²) in [4.78, 5) is 0. The molecule has 0 aliphatic heterocycles. The topological polar surface area (TPSA) is 59.6 Å². The van der Waals surface area contributed by atoms with Crippen LogP contribution in [0, 0.1) is 34.3 Å². The SMILES string of the molecule is N#Cc1c(Cl)c(Cl)c(Nc2c(F)cccc2F)c(C#N)c1Cl. The second-order valence-corrected chi connectivity index (χ2v) is 5.15. The maximum absolute atomic E-state index is 13.7. The molecule has 0 saturated heterocycles. The Morgan fingerprint density at radius 1 is 0.818 bits per heavy atom. The van der Waals surface area contributed by atoms with E-state index in [9.17, 15) is 14.0 Å². The van der Waals surface area contributed by atoms with Gasteiger partial charge in [0.05, 0.1) is 31.9 Å². The lowest BCUT2D eigenvalue weighted by atomic mass is 10.1. The number of para-hydroxylation sites is 1. The van der Waals surface area contributed by atoms with Gasteiger partial charge in [-0.1, -0.05) is 40.9 Å². The normalized spacial score (nSPS) is 9.95. The van der Waals surface area contributed by atoms with Crippen molar-refractivity contribution in [2.24, 2.45) is 0 Å². The standard InChI is InChI=1S/C14H4Cl3F2N3/c15-10-6(4-20)11(16)12(17)13(7(10)5-21)22-14-8(18)2-1-3-9(14)19/h1-3,22H. The highest BCUT2D eigenvalue weighted by molar-refractivity contribution is 6.46. The fourth-order valence-electron chi connectivity index (χ4n) is 1.72. The predicted molar refractivity (Wildman–Crippen MR) is 80.5 cm³/mol. The van der Waals surface area contributed by atoms with Gasteiger partial charge in [0.1, 0.15) is 29.5 Å². The number of nitrogens with zero attached hydrogens (tertiary/aromatic N) is 2. The summed E-state index contributed by atoms with van der Waals surface area (Å²) in [6.45, 7) is 0. The van der Waals surface area contributed by atoms with Crippen LogP contribution in [-0.4, -0.2) is 0 Å². The molecule has 0 bridgehead atoms. The van der Waals surface area contributed by atoms with Gasteiger partial charge < -0.3 is 5.32 Å². The monoisotopic (exact) mass is 357 g/mol. The second-order valence-electron chi connectivity index (χ2n) is 4.01. The Hall–Kier alpha value is -2.05. The Bertz CT molecular complexity index is 834. The molecule has 0 radical (unpaired) electrons.